The molecule has 1 aromatic carbocycles. The first kappa shape index (κ1) is 11.1. The quantitative estimate of drug-likeness (QED) is 0.879. The van der Waals surface area contributed by atoms with Gasteiger partial charge in [0.2, 0.25) is 0 Å². The minimum absolute atomic E-state index is 0.0606. The van der Waals surface area contributed by atoms with Crippen molar-refractivity contribution in [3.63, 3.8) is 0 Å². The van der Waals surface area contributed by atoms with E-state index < -0.39 is 0 Å². The Morgan fingerprint density at radius 1 is 1.47 bits per heavy atom. The second kappa shape index (κ2) is 3.77. The van der Waals surface area contributed by atoms with Crippen LogP contribution in [-0.4, -0.2) is 18.3 Å². The highest BCUT2D eigenvalue weighted by atomic mass is 32.1. The Balaban J connectivity index is 2.07. The molecule has 1 aliphatic rings. The third kappa shape index (κ3) is 1.59. The number of benzene rings is 1. The van der Waals surface area contributed by atoms with Crippen LogP contribution < -0.4 is 5.73 Å². The molecule has 2 nitrogen and oxygen atoms in total. The minimum Gasteiger partial charge on any atom is -0.396 e. The van der Waals surface area contributed by atoms with Gasteiger partial charge in [-0.3, -0.25) is 0 Å². The molecular weight excluding hydrogens is 237 g/mol. The molecule has 0 bridgehead atoms. The zero-order valence-electron chi connectivity index (χ0n) is 9.32. The van der Waals surface area contributed by atoms with Gasteiger partial charge in [0.1, 0.15) is 5.82 Å². The van der Waals surface area contributed by atoms with Gasteiger partial charge < -0.3 is 10.8 Å². The smallest absolute Gasteiger partial charge is 0.124 e. The molecule has 0 saturated heterocycles. The molecule has 3 N–H and O–H groups in total. The highest BCUT2D eigenvalue weighted by molar-refractivity contribution is 7.19. The Bertz CT molecular complexity index is 568. The Kier molecular flexibility index (Phi) is 2.47. The lowest BCUT2D eigenvalue weighted by Crippen LogP contribution is -2.22. The van der Waals surface area contributed by atoms with Gasteiger partial charge in [-0.1, -0.05) is 6.07 Å². The Hall–Kier alpha value is -0.970. The van der Waals surface area contributed by atoms with Gasteiger partial charge in [-0.05, 0) is 35.9 Å². The van der Waals surface area contributed by atoms with Crippen LogP contribution in [-0.2, 0) is 5.41 Å². The van der Waals surface area contributed by atoms with E-state index in [1.54, 1.807) is 23.5 Å². The Labute approximate surface area is 103 Å². The van der Waals surface area contributed by atoms with Crippen molar-refractivity contribution >= 4 is 21.4 Å². The number of fused-ring (bicyclic) bond motifs is 1. The fraction of sp³-hybridized carbons (Fsp3) is 0.385. The molecule has 2 atom stereocenters. The standard InChI is InChI=1S/C13H14FNOS/c14-10-2-1-8-3-12(17-11(8)4-10)13(7-15)5-9(13)6-16/h1-4,9,16H,5-7,15H2. The van der Waals surface area contributed by atoms with Crippen LogP contribution in [0.4, 0.5) is 4.39 Å². The van der Waals surface area contributed by atoms with E-state index in [1.165, 1.54) is 10.9 Å². The molecule has 0 spiro atoms. The summed E-state index contributed by atoms with van der Waals surface area (Å²) in [6.07, 6.45) is 0.940. The predicted octanol–water partition coefficient (Wildman–Crippen LogP) is 2.25. The maximum Gasteiger partial charge on any atom is 0.124 e. The van der Waals surface area contributed by atoms with Crippen molar-refractivity contribution in [1.82, 2.24) is 0 Å². The highest BCUT2D eigenvalue weighted by Gasteiger charge is 2.54. The van der Waals surface area contributed by atoms with E-state index in [4.69, 9.17) is 5.73 Å². The molecule has 1 aliphatic carbocycles. The van der Waals surface area contributed by atoms with Crippen molar-refractivity contribution in [3.05, 3.63) is 35.0 Å². The van der Waals surface area contributed by atoms with Gasteiger partial charge in [-0.2, -0.15) is 0 Å². The van der Waals surface area contributed by atoms with Crippen LogP contribution >= 0.6 is 11.3 Å². The Morgan fingerprint density at radius 3 is 2.94 bits per heavy atom. The predicted molar refractivity (Wildman–Crippen MR) is 67.7 cm³/mol. The molecule has 2 unspecified atom stereocenters. The molecular formula is C13H14FNOS. The van der Waals surface area contributed by atoms with E-state index in [1.807, 2.05) is 0 Å². The van der Waals surface area contributed by atoms with Crippen molar-refractivity contribution in [3.8, 4) is 0 Å². The molecule has 0 aliphatic heterocycles. The molecule has 0 radical (unpaired) electrons. The van der Waals surface area contributed by atoms with Crippen LogP contribution in [0.5, 0.6) is 0 Å². The molecule has 1 heterocycles. The number of aliphatic hydroxyl groups excluding tert-OH is 1. The number of thiophene rings is 1. The summed E-state index contributed by atoms with van der Waals surface area (Å²) in [5.74, 6) is 0.0626. The summed E-state index contributed by atoms with van der Waals surface area (Å²) in [7, 11) is 0. The molecule has 17 heavy (non-hydrogen) atoms. The summed E-state index contributed by atoms with van der Waals surface area (Å²) in [6, 6.07) is 6.92. The summed E-state index contributed by atoms with van der Waals surface area (Å²) in [5, 5.41) is 10.3. The fourth-order valence-electron chi connectivity index (χ4n) is 2.52. The number of hydrogen-bond acceptors (Lipinski definition) is 3. The monoisotopic (exact) mass is 251 g/mol. The number of nitrogens with two attached hydrogens (primary N) is 1. The summed E-state index contributed by atoms with van der Waals surface area (Å²) in [4.78, 5) is 1.18. The first-order valence-corrected chi connectivity index (χ1v) is 6.52. The van der Waals surface area contributed by atoms with Crippen molar-refractivity contribution in [2.45, 2.75) is 11.8 Å². The Morgan fingerprint density at radius 2 is 2.29 bits per heavy atom. The normalized spacial score (nSPS) is 27.6. The average Bonchev–Trinajstić information content (AvgIpc) is 2.93. The minimum atomic E-state index is -0.206. The van der Waals surface area contributed by atoms with E-state index >= 15 is 0 Å². The van der Waals surface area contributed by atoms with Gasteiger partial charge in [0.25, 0.3) is 0 Å². The van der Waals surface area contributed by atoms with Crippen LogP contribution in [0.25, 0.3) is 10.1 Å². The van der Waals surface area contributed by atoms with E-state index in [9.17, 15) is 9.50 Å². The van der Waals surface area contributed by atoms with Crippen molar-refractivity contribution in [2.75, 3.05) is 13.2 Å². The van der Waals surface area contributed by atoms with Gasteiger partial charge in [0.05, 0.1) is 0 Å². The fourth-order valence-corrected chi connectivity index (χ4v) is 3.90. The maximum atomic E-state index is 13.1. The number of hydrogen-bond donors (Lipinski definition) is 2. The van der Waals surface area contributed by atoms with Crippen LogP contribution in [0.1, 0.15) is 11.3 Å². The van der Waals surface area contributed by atoms with Gasteiger partial charge in [0.15, 0.2) is 0 Å². The number of rotatable bonds is 3. The summed E-state index contributed by atoms with van der Waals surface area (Å²) in [6.45, 7) is 0.730. The average molecular weight is 251 g/mol. The lowest BCUT2D eigenvalue weighted by Gasteiger charge is -2.11. The van der Waals surface area contributed by atoms with Crippen molar-refractivity contribution < 1.29 is 9.50 Å². The van der Waals surface area contributed by atoms with Crippen LogP contribution in [0.15, 0.2) is 24.3 Å². The number of aliphatic hydroxyl groups is 1. The lowest BCUT2D eigenvalue weighted by molar-refractivity contribution is 0.264. The lowest BCUT2D eigenvalue weighted by atomic mass is 10.0. The third-order valence-electron chi connectivity index (χ3n) is 3.79. The second-order valence-corrected chi connectivity index (χ2v) is 5.82. The largest absolute Gasteiger partial charge is 0.396 e. The van der Waals surface area contributed by atoms with Crippen LogP contribution in [0.2, 0.25) is 0 Å². The van der Waals surface area contributed by atoms with Gasteiger partial charge in [-0.25, -0.2) is 4.39 Å². The summed E-state index contributed by atoms with van der Waals surface area (Å²) in [5.41, 5.74) is 5.78. The third-order valence-corrected chi connectivity index (χ3v) is 5.11. The molecule has 1 aromatic heterocycles. The molecule has 1 fully saturated rings. The zero-order chi connectivity index (χ0) is 12.0. The molecule has 90 valence electrons. The van der Waals surface area contributed by atoms with E-state index in [2.05, 4.69) is 6.07 Å². The summed E-state index contributed by atoms with van der Waals surface area (Å²) < 4.78 is 14.1. The maximum absolute atomic E-state index is 13.1. The van der Waals surface area contributed by atoms with Crippen LogP contribution in [0.3, 0.4) is 0 Å². The zero-order valence-corrected chi connectivity index (χ0v) is 10.1. The van der Waals surface area contributed by atoms with Gasteiger partial charge in [-0.15, -0.1) is 11.3 Å². The molecule has 4 heteroatoms. The first-order valence-electron chi connectivity index (χ1n) is 5.70. The highest BCUT2D eigenvalue weighted by Crippen LogP contribution is 2.55. The molecule has 3 rings (SSSR count). The van der Waals surface area contributed by atoms with Crippen molar-refractivity contribution in [2.24, 2.45) is 11.7 Å². The molecule has 1 saturated carbocycles. The SMILES string of the molecule is NCC1(c2cc3ccc(F)cc3s2)CC1CO. The van der Waals surface area contributed by atoms with Gasteiger partial charge in [0, 0.05) is 28.1 Å². The number of halogens is 1. The molecule has 2 aromatic rings. The van der Waals surface area contributed by atoms with E-state index in [0.717, 1.165) is 16.5 Å². The second-order valence-electron chi connectivity index (χ2n) is 4.74. The van der Waals surface area contributed by atoms with E-state index in [-0.39, 0.29) is 23.8 Å². The van der Waals surface area contributed by atoms with E-state index in [0.29, 0.717) is 6.54 Å². The first-order chi connectivity index (χ1) is 8.19. The molecule has 0 amide bonds. The summed E-state index contributed by atoms with van der Waals surface area (Å²) >= 11 is 1.59. The van der Waals surface area contributed by atoms with Crippen molar-refractivity contribution in [1.29, 1.82) is 0 Å². The van der Waals surface area contributed by atoms with Gasteiger partial charge >= 0.3 is 0 Å². The van der Waals surface area contributed by atoms with Crippen LogP contribution in [0, 0.1) is 11.7 Å². The topological polar surface area (TPSA) is 46.2 Å².